The molecule has 0 radical (unpaired) electrons. The highest BCUT2D eigenvalue weighted by Gasteiger charge is 2.17. The number of rotatable bonds is 7. The Hall–Kier alpha value is -3.14. The van der Waals surface area contributed by atoms with Crippen LogP contribution in [0.25, 0.3) is 11.5 Å². The number of hydrogen-bond donors (Lipinski definition) is 1. The van der Waals surface area contributed by atoms with E-state index in [2.05, 4.69) is 15.5 Å². The molecule has 0 aliphatic carbocycles. The highest BCUT2D eigenvalue weighted by atomic mass is 32.2. The Bertz CT molecular complexity index is 970. The van der Waals surface area contributed by atoms with Crippen molar-refractivity contribution in [3.8, 4) is 11.5 Å². The maximum Gasteiger partial charge on any atom is 0.277 e. The van der Waals surface area contributed by atoms with Crippen LogP contribution in [0.15, 0.2) is 50.7 Å². The molecule has 2 amide bonds. The lowest BCUT2D eigenvalue weighted by Gasteiger charge is -2.16. The minimum Gasteiger partial charge on any atom is -0.469 e. The van der Waals surface area contributed by atoms with Crippen LogP contribution in [0.5, 0.6) is 0 Å². The molecule has 1 aromatic carbocycles. The second-order valence-corrected chi connectivity index (χ2v) is 6.78. The molecule has 1 N–H and O–H groups in total. The molecule has 8 nitrogen and oxygen atoms in total. The van der Waals surface area contributed by atoms with E-state index in [4.69, 9.17) is 8.83 Å². The van der Waals surface area contributed by atoms with Gasteiger partial charge in [0.15, 0.2) is 0 Å². The Kier molecular flexibility index (Phi) is 6.09. The number of thioether (sulfide) groups is 1. The quantitative estimate of drug-likeness (QED) is 0.604. The third-order valence-corrected chi connectivity index (χ3v) is 4.55. The number of hydrogen-bond acceptors (Lipinski definition) is 7. The predicted octanol–water partition coefficient (Wildman–Crippen LogP) is 2.97. The van der Waals surface area contributed by atoms with E-state index in [1.165, 1.54) is 42.5 Å². The van der Waals surface area contributed by atoms with Crippen molar-refractivity contribution in [3.63, 3.8) is 0 Å². The summed E-state index contributed by atoms with van der Waals surface area (Å²) < 4.78 is 23.6. The first-order valence-electron chi connectivity index (χ1n) is 8.22. The molecule has 2 aromatic heterocycles. The van der Waals surface area contributed by atoms with Crippen molar-refractivity contribution in [1.29, 1.82) is 0 Å². The van der Waals surface area contributed by atoms with Crippen LogP contribution in [0.2, 0.25) is 0 Å². The molecule has 0 unspecified atom stereocenters. The first kappa shape index (κ1) is 19.6. The van der Waals surface area contributed by atoms with Gasteiger partial charge in [-0.05, 0) is 37.3 Å². The second kappa shape index (κ2) is 8.70. The Balaban J connectivity index is 1.48. The molecule has 3 rings (SSSR count). The van der Waals surface area contributed by atoms with Gasteiger partial charge in [0.05, 0.1) is 24.1 Å². The molecule has 0 saturated heterocycles. The Morgan fingerprint density at radius 3 is 2.64 bits per heavy atom. The summed E-state index contributed by atoms with van der Waals surface area (Å²) in [5.41, 5.74) is 1.15. The van der Waals surface area contributed by atoms with E-state index in [-0.39, 0.29) is 29.3 Å². The fourth-order valence-corrected chi connectivity index (χ4v) is 2.96. The van der Waals surface area contributed by atoms with Gasteiger partial charge in [0.1, 0.15) is 11.6 Å². The van der Waals surface area contributed by atoms with E-state index >= 15 is 0 Å². The van der Waals surface area contributed by atoms with Gasteiger partial charge in [-0.3, -0.25) is 9.59 Å². The van der Waals surface area contributed by atoms with Crippen LogP contribution in [-0.4, -0.2) is 46.3 Å². The van der Waals surface area contributed by atoms with Crippen LogP contribution in [0.4, 0.5) is 10.1 Å². The van der Waals surface area contributed by atoms with E-state index in [0.29, 0.717) is 22.9 Å². The number of likely N-dealkylation sites (N-methyl/N-ethyl adjacent to an activating group) is 1. The van der Waals surface area contributed by atoms with Gasteiger partial charge in [-0.25, -0.2) is 4.39 Å². The van der Waals surface area contributed by atoms with Crippen molar-refractivity contribution in [2.75, 3.05) is 24.7 Å². The van der Waals surface area contributed by atoms with E-state index in [9.17, 15) is 14.0 Å². The number of furan rings is 1. The van der Waals surface area contributed by atoms with E-state index in [0.717, 1.165) is 11.8 Å². The molecule has 2 heterocycles. The summed E-state index contributed by atoms with van der Waals surface area (Å²) in [6, 6.07) is 7.09. The molecule has 0 spiro atoms. The minimum atomic E-state index is -0.394. The number of aryl methyl sites for hydroxylation is 1. The summed E-state index contributed by atoms with van der Waals surface area (Å²) >= 11 is 1.08. The SMILES string of the molecule is Cc1occc1-c1nnc(SCC(=O)N(C)CC(=O)Nc2ccc(F)cc2)o1. The van der Waals surface area contributed by atoms with Gasteiger partial charge in [0, 0.05) is 12.7 Å². The van der Waals surface area contributed by atoms with E-state index in [1.54, 1.807) is 13.0 Å². The normalized spacial score (nSPS) is 10.7. The number of benzene rings is 1. The third-order valence-electron chi connectivity index (χ3n) is 3.75. The zero-order valence-electron chi connectivity index (χ0n) is 15.1. The van der Waals surface area contributed by atoms with E-state index < -0.39 is 5.82 Å². The zero-order chi connectivity index (χ0) is 20.1. The molecule has 0 bridgehead atoms. The average molecular weight is 404 g/mol. The Morgan fingerprint density at radius 1 is 1.21 bits per heavy atom. The van der Waals surface area contributed by atoms with Gasteiger partial charge < -0.3 is 19.1 Å². The summed E-state index contributed by atoms with van der Waals surface area (Å²) in [5.74, 6) is -0.0564. The van der Waals surface area contributed by atoms with Crippen LogP contribution >= 0.6 is 11.8 Å². The van der Waals surface area contributed by atoms with Crippen molar-refractivity contribution in [3.05, 3.63) is 48.2 Å². The number of amides is 2. The van der Waals surface area contributed by atoms with Gasteiger partial charge in [-0.2, -0.15) is 0 Å². The second-order valence-electron chi connectivity index (χ2n) is 5.86. The van der Waals surface area contributed by atoms with Gasteiger partial charge in [-0.1, -0.05) is 11.8 Å². The van der Waals surface area contributed by atoms with Crippen LogP contribution in [0.3, 0.4) is 0 Å². The van der Waals surface area contributed by atoms with Crippen molar-refractivity contribution >= 4 is 29.3 Å². The molecular weight excluding hydrogens is 387 g/mol. The molecule has 146 valence electrons. The highest BCUT2D eigenvalue weighted by molar-refractivity contribution is 7.99. The Morgan fingerprint density at radius 2 is 1.96 bits per heavy atom. The van der Waals surface area contributed by atoms with Crippen molar-refractivity contribution in [1.82, 2.24) is 15.1 Å². The number of carbonyl (C=O) groups is 2. The third kappa shape index (κ3) is 4.97. The standard InChI is InChI=1S/C18H17FN4O4S/c1-11-14(7-8-26-11)17-21-22-18(27-17)28-10-16(25)23(2)9-15(24)20-13-5-3-12(19)4-6-13/h3-8H,9-10H2,1-2H3,(H,20,24). The molecule has 28 heavy (non-hydrogen) atoms. The molecule has 0 aliphatic rings. The topological polar surface area (TPSA) is 101 Å². The number of aromatic nitrogens is 2. The summed E-state index contributed by atoms with van der Waals surface area (Å²) in [6.45, 7) is 1.64. The number of nitrogens with one attached hydrogen (secondary N) is 1. The predicted molar refractivity (Wildman–Crippen MR) is 100 cm³/mol. The fourth-order valence-electron chi connectivity index (χ4n) is 2.25. The number of anilines is 1. The molecule has 0 atom stereocenters. The number of nitrogens with zero attached hydrogens (tertiary/aromatic N) is 3. The molecule has 0 aliphatic heterocycles. The molecule has 3 aromatic rings. The molecule has 0 fully saturated rings. The van der Waals surface area contributed by atoms with Gasteiger partial charge in [-0.15, -0.1) is 10.2 Å². The van der Waals surface area contributed by atoms with Crippen LogP contribution < -0.4 is 5.32 Å². The van der Waals surface area contributed by atoms with Gasteiger partial charge in [0.25, 0.3) is 11.1 Å². The van der Waals surface area contributed by atoms with Crippen molar-refractivity contribution < 1.29 is 22.8 Å². The lowest BCUT2D eigenvalue weighted by atomic mass is 10.3. The monoisotopic (exact) mass is 404 g/mol. The average Bonchev–Trinajstić information content (AvgIpc) is 3.30. The van der Waals surface area contributed by atoms with Crippen molar-refractivity contribution in [2.45, 2.75) is 12.1 Å². The number of carbonyl (C=O) groups excluding carboxylic acids is 2. The lowest BCUT2D eigenvalue weighted by molar-refractivity contribution is -0.131. The molecular formula is C18H17FN4O4S. The van der Waals surface area contributed by atoms with Crippen molar-refractivity contribution in [2.24, 2.45) is 0 Å². The summed E-state index contributed by atoms with van der Waals surface area (Å²) in [7, 11) is 1.52. The maximum atomic E-state index is 12.9. The zero-order valence-corrected chi connectivity index (χ0v) is 16.0. The first-order chi connectivity index (χ1) is 13.4. The summed E-state index contributed by atoms with van der Waals surface area (Å²) in [4.78, 5) is 25.5. The van der Waals surface area contributed by atoms with Gasteiger partial charge >= 0.3 is 0 Å². The van der Waals surface area contributed by atoms with E-state index in [1.807, 2.05) is 0 Å². The molecule has 10 heteroatoms. The highest BCUT2D eigenvalue weighted by Crippen LogP contribution is 2.26. The van der Waals surface area contributed by atoms with Crippen LogP contribution in [0.1, 0.15) is 5.76 Å². The smallest absolute Gasteiger partial charge is 0.277 e. The maximum absolute atomic E-state index is 12.9. The molecule has 0 saturated carbocycles. The largest absolute Gasteiger partial charge is 0.469 e. The van der Waals surface area contributed by atoms with Crippen LogP contribution in [0, 0.1) is 12.7 Å². The van der Waals surface area contributed by atoms with Gasteiger partial charge in [0.2, 0.25) is 11.8 Å². The van der Waals surface area contributed by atoms with Crippen LogP contribution in [-0.2, 0) is 9.59 Å². The number of halogens is 1. The summed E-state index contributed by atoms with van der Waals surface area (Å²) in [5, 5.41) is 10.7. The summed E-state index contributed by atoms with van der Waals surface area (Å²) in [6.07, 6.45) is 1.52. The minimum absolute atomic E-state index is 0.0341. The fraction of sp³-hybridized carbons (Fsp3) is 0.222. The Labute approximate surface area is 164 Å². The first-order valence-corrected chi connectivity index (χ1v) is 9.21. The lowest BCUT2D eigenvalue weighted by Crippen LogP contribution is -2.35.